The molecule has 1 atom stereocenters. The van der Waals surface area contributed by atoms with Crippen LogP contribution in [0, 0.1) is 0 Å². The molecule has 1 aliphatic rings. The first-order valence-corrected chi connectivity index (χ1v) is 23.3. The molecule has 9 aromatic carbocycles. The zero-order valence-corrected chi connectivity index (χ0v) is 37.2. The molecular weight excluding hydrogens is 825 g/mol. The van der Waals surface area contributed by atoms with E-state index in [1.54, 1.807) is 0 Å². The van der Waals surface area contributed by atoms with E-state index in [4.69, 9.17) is 4.98 Å². The highest BCUT2D eigenvalue weighted by Gasteiger charge is 2.24. The van der Waals surface area contributed by atoms with Crippen molar-refractivity contribution in [2.45, 2.75) is 6.04 Å². The largest absolute Gasteiger partial charge is 0.361 e. The number of hydrogen-bond donors (Lipinski definition) is 1. The summed E-state index contributed by atoms with van der Waals surface area (Å²) in [5.74, 6) is 1.89. The standard InChI is InChI=1S/C64H44N4/c1-5-19-43(20-6-1)47-37-48(44-21-7-2-8-22-44)40-51(39-47)56-29-17-33-61(65-56)67-59-32-16-14-28-55(59)63-60(67)36-35-54-53-27-13-15-31-58(53)68(64(54)63)62-34-18-30-57(66-62)52-41-49(45-23-9-3-10-24-45)38-50(42-52)46-25-11-4-12-26-46/h1-42,56,65H. The normalized spacial score (nSPS) is 13.6. The second-order valence-electron chi connectivity index (χ2n) is 17.6. The van der Waals surface area contributed by atoms with Crippen LogP contribution in [0.2, 0.25) is 0 Å². The Kier molecular flexibility index (Phi) is 9.54. The third-order valence-electron chi connectivity index (χ3n) is 13.5. The lowest BCUT2D eigenvalue weighted by Gasteiger charge is -2.25. The fourth-order valence-corrected chi connectivity index (χ4v) is 10.4. The van der Waals surface area contributed by atoms with E-state index in [0.29, 0.717) is 0 Å². The molecule has 1 N–H and O–H groups in total. The maximum atomic E-state index is 5.56. The van der Waals surface area contributed by atoms with Crippen molar-refractivity contribution in [2.75, 3.05) is 0 Å². The van der Waals surface area contributed by atoms with Crippen LogP contribution < -0.4 is 5.32 Å². The van der Waals surface area contributed by atoms with E-state index in [1.807, 2.05) is 0 Å². The Hall–Kier alpha value is -8.99. The summed E-state index contributed by atoms with van der Waals surface area (Å²) in [7, 11) is 0. The summed E-state index contributed by atoms with van der Waals surface area (Å²) >= 11 is 0. The number of aromatic nitrogens is 3. The van der Waals surface area contributed by atoms with E-state index in [9.17, 15) is 0 Å². The van der Waals surface area contributed by atoms with Crippen molar-refractivity contribution < 1.29 is 0 Å². The highest BCUT2D eigenvalue weighted by molar-refractivity contribution is 6.26. The lowest BCUT2D eigenvalue weighted by Crippen LogP contribution is -2.24. The van der Waals surface area contributed by atoms with Gasteiger partial charge in [0, 0.05) is 27.1 Å². The molecule has 0 amide bonds. The summed E-state index contributed by atoms with van der Waals surface area (Å²) in [4.78, 5) is 5.56. The van der Waals surface area contributed by atoms with Crippen LogP contribution >= 0.6 is 0 Å². The first-order valence-electron chi connectivity index (χ1n) is 23.3. The summed E-state index contributed by atoms with van der Waals surface area (Å²) in [5.41, 5.74) is 17.1. The molecule has 3 aromatic heterocycles. The molecule has 0 radical (unpaired) electrons. The molecule has 320 valence electrons. The maximum Gasteiger partial charge on any atom is 0.138 e. The van der Waals surface area contributed by atoms with Gasteiger partial charge in [-0.25, -0.2) is 4.98 Å². The average Bonchev–Trinajstić information content (AvgIpc) is 3.95. The smallest absolute Gasteiger partial charge is 0.138 e. The number of dihydropyridines is 1. The summed E-state index contributed by atoms with van der Waals surface area (Å²) in [6, 6.07) is 85.0. The quantitative estimate of drug-likeness (QED) is 0.165. The monoisotopic (exact) mass is 868 g/mol. The molecule has 4 nitrogen and oxygen atoms in total. The summed E-state index contributed by atoms with van der Waals surface area (Å²) in [6.45, 7) is 0. The van der Waals surface area contributed by atoms with Crippen molar-refractivity contribution in [3.63, 3.8) is 0 Å². The van der Waals surface area contributed by atoms with Crippen LogP contribution in [0.25, 0.3) is 111 Å². The molecule has 13 rings (SSSR count). The van der Waals surface area contributed by atoms with Crippen LogP contribution in [0.15, 0.2) is 255 Å². The van der Waals surface area contributed by atoms with Crippen molar-refractivity contribution >= 4 is 49.4 Å². The molecule has 0 spiro atoms. The van der Waals surface area contributed by atoms with Crippen LogP contribution in [-0.4, -0.2) is 14.1 Å². The van der Waals surface area contributed by atoms with Crippen molar-refractivity contribution in [3.05, 3.63) is 260 Å². The van der Waals surface area contributed by atoms with Gasteiger partial charge in [-0.1, -0.05) is 182 Å². The highest BCUT2D eigenvalue weighted by Crippen LogP contribution is 2.43. The lowest BCUT2D eigenvalue weighted by atomic mass is 9.93. The van der Waals surface area contributed by atoms with E-state index in [2.05, 4.69) is 269 Å². The van der Waals surface area contributed by atoms with Crippen LogP contribution in [-0.2, 0) is 0 Å². The predicted octanol–water partition coefficient (Wildman–Crippen LogP) is 16.3. The van der Waals surface area contributed by atoms with Crippen LogP contribution in [0.5, 0.6) is 0 Å². The third-order valence-corrected chi connectivity index (χ3v) is 13.5. The second-order valence-corrected chi connectivity index (χ2v) is 17.6. The first kappa shape index (κ1) is 39.4. The number of allylic oxidation sites excluding steroid dienone is 2. The first-order chi connectivity index (χ1) is 33.7. The van der Waals surface area contributed by atoms with Crippen LogP contribution in [0.3, 0.4) is 0 Å². The molecule has 1 unspecified atom stereocenters. The minimum Gasteiger partial charge on any atom is -0.361 e. The maximum absolute atomic E-state index is 5.56. The summed E-state index contributed by atoms with van der Waals surface area (Å²) in [5, 5.41) is 8.76. The van der Waals surface area contributed by atoms with E-state index in [1.165, 1.54) is 60.5 Å². The zero-order valence-electron chi connectivity index (χ0n) is 37.2. The molecule has 1 aliphatic heterocycles. The third kappa shape index (κ3) is 6.81. The summed E-state index contributed by atoms with van der Waals surface area (Å²) < 4.78 is 4.80. The Morgan fingerprint density at radius 1 is 0.368 bits per heavy atom. The number of nitrogens with one attached hydrogen (secondary N) is 1. The second kappa shape index (κ2) is 16.5. The average molecular weight is 869 g/mol. The fraction of sp³-hybridized carbons (Fsp3) is 0.0156. The number of nitrogens with zero attached hydrogens (tertiary/aromatic N) is 3. The van der Waals surface area contributed by atoms with E-state index < -0.39 is 0 Å². The van der Waals surface area contributed by atoms with Crippen molar-refractivity contribution in [1.82, 2.24) is 19.4 Å². The van der Waals surface area contributed by atoms with Gasteiger partial charge in [-0.2, -0.15) is 0 Å². The topological polar surface area (TPSA) is 34.8 Å². The van der Waals surface area contributed by atoms with Crippen molar-refractivity contribution in [1.29, 1.82) is 0 Å². The molecule has 0 saturated carbocycles. The molecule has 0 saturated heterocycles. The predicted molar refractivity (Wildman–Crippen MR) is 284 cm³/mol. The molecule has 68 heavy (non-hydrogen) atoms. The van der Waals surface area contributed by atoms with Gasteiger partial charge in [-0.15, -0.1) is 0 Å². The zero-order chi connectivity index (χ0) is 45.0. The molecule has 4 heteroatoms. The Morgan fingerprint density at radius 2 is 0.868 bits per heavy atom. The fourth-order valence-electron chi connectivity index (χ4n) is 10.4. The number of fused-ring (bicyclic) bond motifs is 7. The van der Waals surface area contributed by atoms with Gasteiger partial charge >= 0.3 is 0 Å². The van der Waals surface area contributed by atoms with E-state index in [0.717, 1.165) is 56.1 Å². The number of hydrogen-bond acceptors (Lipinski definition) is 2. The molecular formula is C64H44N4. The van der Waals surface area contributed by atoms with E-state index in [-0.39, 0.29) is 6.04 Å². The molecule has 0 aliphatic carbocycles. The highest BCUT2D eigenvalue weighted by atomic mass is 15.2. The Labute approximate surface area is 395 Å². The lowest BCUT2D eigenvalue weighted by molar-refractivity contribution is 0.736. The van der Waals surface area contributed by atoms with Gasteiger partial charge in [0.1, 0.15) is 11.6 Å². The number of rotatable bonds is 8. The molecule has 12 aromatic rings. The van der Waals surface area contributed by atoms with Gasteiger partial charge in [0.15, 0.2) is 0 Å². The SMILES string of the molecule is C1=CC(c2cc(-c3ccccc3)cc(-c3ccccc3)c2)NC(n2c3ccccc3c3c2ccc2c4ccccc4n(-c4cccc(-c5cc(-c6ccccc6)cc(-c6ccccc6)c5)n4)c23)=C1. The minimum atomic E-state index is -0.0674. The van der Waals surface area contributed by atoms with E-state index >= 15 is 0 Å². The Morgan fingerprint density at radius 3 is 1.46 bits per heavy atom. The van der Waals surface area contributed by atoms with Crippen LogP contribution in [0.4, 0.5) is 0 Å². The summed E-state index contributed by atoms with van der Waals surface area (Å²) in [6.07, 6.45) is 6.68. The van der Waals surface area contributed by atoms with Gasteiger partial charge < -0.3 is 5.32 Å². The van der Waals surface area contributed by atoms with Gasteiger partial charge in [-0.05, 0) is 123 Å². The Balaban J connectivity index is 0.972. The molecule has 0 fully saturated rings. The van der Waals surface area contributed by atoms with Crippen molar-refractivity contribution in [2.24, 2.45) is 0 Å². The molecule has 0 bridgehead atoms. The van der Waals surface area contributed by atoms with Gasteiger partial charge in [0.25, 0.3) is 0 Å². The number of benzene rings is 9. The minimum absolute atomic E-state index is 0.0674. The number of para-hydroxylation sites is 2. The van der Waals surface area contributed by atoms with Crippen LogP contribution in [0.1, 0.15) is 11.6 Å². The van der Waals surface area contributed by atoms with Crippen molar-refractivity contribution in [3.8, 4) is 61.6 Å². The van der Waals surface area contributed by atoms with Gasteiger partial charge in [-0.3, -0.25) is 9.13 Å². The number of pyridine rings is 1. The Bertz CT molecular complexity index is 3800. The van der Waals surface area contributed by atoms with Gasteiger partial charge in [0.2, 0.25) is 0 Å². The van der Waals surface area contributed by atoms with Gasteiger partial charge in [0.05, 0.1) is 33.8 Å². The molecule has 4 heterocycles.